The summed E-state index contributed by atoms with van der Waals surface area (Å²) in [6, 6.07) is 4.11. The topological polar surface area (TPSA) is 41.6 Å². The van der Waals surface area contributed by atoms with Crippen LogP contribution < -0.4 is 0 Å². The average molecular weight is 215 g/mol. The zero-order valence-electron chi connectivity index (χ0n) is 8.19. The summed E-state index contributed by atoms with van der Waals surface area (Å²) in [7, 11) is 0. The highest BCUT2D eigenvalue weighted by atomic mass is 32.1. The Balaban J connectivity index is 2.22. The molecule has 3 heterocycles. The molecule has 0 saturated heterocycles. The maximum absolute atomic E-state index is 4.44. The number of thiophene rings is 1. The van der Waals surface area contributed by atoms with Crippen LogP contribution in [0.15, 0.2) is 29.1 Å². The molecular formula is C11H9N3S. The highest BCUT2D eigenvalue weighted by Gasteiger charge is 2.05. The predicted octanol–water partition coefficient (Wildman–Crippen LogP) is 2.99. The van der Waals surface area contributed by atoms with E-state index in [-0.39, 0.29) is 0 Å². The molecule has 0 spiro atoms. The minimum Gasteiger partial charge on any atom is -0.337 e. The lowest BCUT2D eigenvalue weighted by Gasteiger charge is -1.88. The van der Waals surface area contributed by atoms with Gasteiger partial charge in [-0.05, 0) is 30.0 Å². The van der Waals surface area contributed by atoms with Crippen molar-refractivity contribution in [2.75, 3.05) is 0 Å². The summed E-state index contributed by atoms with van der Waals surface area (Å²) in [4.78, 5) is 12.0. The van der Waals surface area contributed by atoms with Crippen molar-refractivity contribution in [2.45, 2.75) is 6.92 Å². The van der Waals surface area contributed by atoms with Crippen molar-refractivity contribution in [1.82, 2.24) is 15.0 Å². The number of pyridine rings is 1. The fourth-order valence-corrected chi connectivity index (χ4v) is 2.18. The van der Waals surface area contributed by atoms with Crippen LogP contribution in [0.3, 0.4) is 0 Å². The first-order valence-electron chi connectivity index (χ1n) is 4.68. The number of aromatic nitrogens is 3. The molecule has 0 aliphatic carbocycles. The van der Waals surface area contributed by atoms with Crippen LogP contribution in [0.1, 0.15) is 5.56 Å². The third kappa shape index (κ3) is 1.43. The number of aromatic amines is 1. The lowest BCUT2D eigenvalue weighted by molar-refractivity contribution is 1.28. The molecule has 0 aliphatic rings. The number of hydrogen-bond acceptors (Lipinski definition) is 3. The second-order valence-corrected chi connectivity index (χ2v) is 4.26. The van der Waals surface area contributed by atoms with Crippen LogP contribution in [0, 0.1) is 6.92 Å². The molecular weight excluding hydrogens is 206 g/mol. The maximum Gasteiger partial charge on any atom is 0.178 e. The summed E-state index contributed by atoms with van der Waals surface area (Å²) in [5, 5.41) is 4.12. The Morgan fingerprint density at radius 3 is 3.13 bits per heavy atom. The molecule has 4 heteroatoms. The quantitative estimate of drug-likeness (QED) is 0.678. The van der Waals surface area contributed by atoms with Gasteiger partial charge in [0.25, 0.3) is 0 Å². The van der Waals surface area contributed by atoms with E-state index in [0.29, 0.717) is 0 Å². The molecule has 0 amide bonds. The highest BCUT2D eigenvalue weighted by Crippen LogP contribution is 2.21. The highest BCUT2D eigenvalue weighted by molar-refractivity contribution is 7.08. The number of hydrogen-bond donors (Lipinski definition) is 1. The van der Waals surface area contributed by atoms with Gasteiger partial charge in [0.15, 0.2) is 5.65 Å². The van der Waals surface area contributed by atoms with Crippen molar-refractivity contribution in [1.29, 1.82) is 0 Å². The number of imidazole rings is 1. The van der Waals surface area contributed by atoms with E-state index >= 15 is 0 Å². The normalized spacial score (nSPS) is 11.0. The van der Waals surface area contributed by atoms with Crippen molar-refractivity contribution >= 4 is 22.5 Å². The summed E-state index contributed by atoms with van der Waals surface area (Å²) in [5.74, 6) is 0.893. The summed E-state index contributed by atoms with van der Waals surface area (Å²) in [6.07, 6.45) is 1.83. The Kier molecular flexibility index (Phi) is 1.82. The number of H-pyrrole nitrogens is 1. The van der Waals surface area contributed by atoms with Crippen molar-refractivity contribution in [2.24, 2.45) is 0 Å². The van der Waals surface area contributed by atoms with E-state index in [4.69, 9.17) is 0 Å². The molecule has 74 valence electrons. The Morgan fingerprint density at radius 1 is 1.40 bits per heavy atom. The molecule has 3 aromatic heterocycles. The fraction of sp³-hybridized carbons (Fsp3) is 0.0909. The first-order chi connectivity index (χ1) is 7.33. The van der Waals surface area contributed by atoms with E-state index in [9.17, 15) is 0 Å². The lowest BCUT2D eigenvalue weighted by Crippen LogP contribution is -1.77. The average Bonchev–Trinajstić information content (AvgIpc) is 2.84. The SMILES string of the molecule is Cc1cnc2nc(-c3ccsc3)[nH]c2c1. The summed E-state index contributed by atoms with van der Waals surface area (Å²) >= 11 is 1.67. The fourth-order valence-electron chi connectivity index (χ4n) is 1.54. The van der Waals surface area contributed by atoms with Crippen molar-refractivity contribution in [3.63, 3.8) is 0 Å². The standard InChI is InChI=1S/C11H9N3S/c1-7-4-9-11(12-5-7)14-10(13-9)8-2-3-15-6-8/h2-6H,1H3,(H,12,13,14). The van der Waals surface area contributed by atoms with Gasteiger partial charge in [0.2, 0.25) is 0 Å². The molecule has 0 aromatic carbocycles. The minimum absolute atomic E-state index is 0.779. The molecule has 0 atom stereocenters. The van der Waals surface area contributed by atoms with Gasteiger partial charge in [0.1, 0.15) is 5.82 Å². The van der Waals surface area contributed by atoms with Crippen LogP contribution in [-0.2, 0) is 0 Å². The first-order valence-corrected chi connectivity index (χ1v) is 5.62. The summed E-state index contributed by atoms with van der Waals surface area (Å²) < 4.78 is 0. The predicted molar refractivity (Wildman–Crippen MR) is 61.9 cm³/mol. The maximum atomic E-state index is 4.44. The monoisotopic (exact) mass is 215 g/mol. The molecule has 0 bridgehead atoms. The molecule has 0 unspecified atom stereocenters. The molecule has 3 aromatic rings. The molecule has 0 saturated carbocycles. The van der Waals surface area contributed by atoms with Gasteiger partial charge in [-0.1, -0.05) is 0 Å². The third-order valence-corrected chi connectivity index (χ3v) is 2.95. The van der Waals surface area contributed by atoms with Gasteiger partial charge in [0.05, 0.1) is 5.52 Å². The van der Waals surface area contributed by atoms with Crippen LogP contribution >= 0.6 is 11.3 Å². The first kappa shape index (κ1) is 8.61. The van der Waals surface area contributed by atoms with Crippen LogP contribution in [0.2, 0.25) is 0 Å². The van der Waals surface area contributed by atoms with Gasteiger partial charge in [-0.2, -0.15) is 11.3 Å². The van der Waals surface area contributed by atoms with E-state index < -0.39 is 0 Å². The number of rotatable bonds is 1. The van der Waals surface area contributed by atoms with Crippen LogP contribution in [0.5, 0.6) is 0 Å². The van der Waals surface area contributed by atoms with Crippen molar-refractivity contribution in [3.05, 3.63) is 34.7 Å². The molecule has 0 fully saturated rings. The molecule has 0 aliphatic heterocycles. The second-order valence-electron chi connectivity index (χ2n) is 3.48. The van der Waals surface area contributed by atoms with Crippen molar-refractivity contribution < 1.29 is 0 Å². The molecule has 1 N–H and O–H groups in total. The molecule has 3 rings (SSSR count). The summed E-state index contributed by atoms with van der Waals surface area (Å²) in [6.45, 7) is 2.03. The van der Waals surface area contributed by atoms with Gasteiger partial charge in [0, 0.05) is 17.1 Å². The van der Waals surface area contributed by atoms with Gasteiger partial charge >= 0.3 is 0 Å². The molecule has 15 heavy (non-hydrogen) atoms. The second kappa shape index (κ2) is 3.17. The lowest BCUT2D eigenvalue weighted by atomic mass is 10.3. The Morgan fingerprint density at radius 2 is 2.33 bits per heavy atom. The number of aryl methyl sites for hydroxylation is 1. The zero-order valence-corrected chi connectivity index (χ0v) is 9.01. The molecule has 3 nitrogen and oxygen atoms in total. The van der Waals surface area contributed by atoms with E-state index in [1.807, 2.05) is 18.5 Å². The Bertz CT molecular complexity index is 595. The largest absolute Gasteiger partial charge is 0.337 e. The van der Waals surface area contributed by atoms with Crippen LogP contribution in [0.25, 0.3) is 22.6 Å². The number of nitrogens with zero attached hydrogens (tertiary/aromatic N) is 2. The van der Waals surface area contributed by atoms with E-state index in [2.05, 4.69) is 32.5 Å². The van der Waals surface area contributed by atoms with E-state index in [1.54, 1.807) is 11.3 Å². The summed E-state index contributed by atoms with van der Waals surface area (Å²) in [5.41, 5.74) is 4.04. The van der Waals surface area contributed by atoms with Crippen LogP contribution in [-0.4, -0.2) is 15.0 Å². The number of fused-ring (bicyclic) bond motifs is 1. The number of nitrogens with one attached hydrogen (secondary N) is 1. The van der Waals surface area contributed by atoms with Gasteiger partial charge < -0.3 is 4.98 Å². The Hall–Kier alpha value is -1.68. The minimum atomic E-state index is 0.779. The molecule has 0 radical (unpaired) electrons. The smallest absolute Gasteiger partial charge is 0.178 e. The zero-order chi connectivity index (χ0) is 10.3. The van der Waals surface area contributed by atoms with E-state index in [0.717, 1.165) is 28.1 Å². The third-order valence-electron chi connectivity index (χ3n) is 2.27. The van der Waals surface area contributed by atoms with Gasteiger partial charge in [-0.15, -0.1) is 0 Å². The van der Waals surface area contributed by atoms with Crippen molar-refractivity contribution in [3.8, 4) is 11.4 Å². The van der Waals surface area contributed by atoms with Crippen LogP contribution in [0.4, 0.5) is 0 Å². The van der Waals surface area contributed by atoms with Gasteiger partial charge in [-0.3, -0.25) is 0 Å². The van der Waals surface area contributed by atoms with E-state index in [1.165, 1.54) is 0 Å². The van der Waals surface area contributed by atoms with Gasteiger partial charge in [-0.25, -0.2) is 9.97 Å². The Labute approximate surface area is 90.8 Å².